The minimum absolute atomic E-state index is 0.0696. The smallest absolute Gasteiger partial charge is 0.243 e. The highest BCUT2D eigenvalue weighted by atomic mass is 16.5. The van der Waals surface area contributed by atoms with E-state index in [0.717, 1.165) is 34.7 Å². The fraction of sp³-hybridized carbons (Fsp3) is 0.381. The second-order valence-electron chi connectivity index (χ2n) is 6.71. The Morgan fingerprint density at radius 3 is 2.64 bits per heavy atom. The molecule has 0 fully saturated rings. The minimum Gasteiger partial charge on any atom is -0.494 e. The van der Waals surface area contributed by atoms with Gasteiger partial charge in [-0.05, 0) is 55.5 Å². The molecule has 0 radical (unpaired) electrons. The number of amides is 1. The van der Waals surface area contributed by atoms with E-state index in [1.165, 1.54) is 0 Å². The Balaban J connectivity index is 1.86. The number of ether oxygens (including phenoxy) is 1. The maximum atomic E-state index is 12.2. The lowest BCUT2D eigenvalue weighted by Crippen LogP contribution is -2.22. The van der Waals surface area contributed by atoms with Crippen molar-refractivity contribution in [1.29, 1.82) is 0 Å². The molecule has 25 heavy (non-hydrogen) atoms. The molecular formula is C21H28N2O2. The van der Waals surface area contributed by atoms with Crippen LogP contribution in [-0.2, 0) is 4.79 Å². The fourth-order valence-corrected chi connectivity index (χ4v) is 2.37. The molecule has 2 aromatic carbocycles. The third-order valence-corrected chi connectivity index (χ3v) is 4.13. The van der Waals surface area contributed by atoms with Crippen LogP contribution in [0.1, 0.15) is 31.4 Å². The molecule has 4 nitrogen and oxygen atoms in total. The molecule has 0 heterocycles. The number of carbonyl (C=O) groups is 1. The van der Waals surface area contributed by atoms with Crippen LogP contribution in [0.4, 0.5) is 11.4 Å². The van der Waals surface area contributed by atoms with Gasteiger partial charge in [0.15, 0.2) is 0 Å². The molecule has 2 N–H and O–H groups in total. The van der Waals surface area contributed by atoms with Gasteiger partial charge in [-0.15, -0.1) is 0 Å². The first-order valence-corrected chi connectivity index (χ1v) is 8.78. The summed E-state index contributed by atoms with van der Waals surface area (Å²) < 4.78 is 5.75. The summed E-state index contributed by atoms with van der Waals surface area (Å²) in [5.74, 6) is 1.37. The lowest BCUT2D eigenvalue weighted by molar-refractivity contribution is -0.114. The first-order chi connectivity index (χ1) is 12.0. The molecule has 0 aliphatic rings. The Labute approximate surface area is 150 Å². The molecular weight excluding hydrogens is 312 g/mol. The second kappa shape index (κ2) is 9.11. The van der Waals surface area contributed by atoms with E-state index in [2.05, 4.69) is 24.5 Å². The van der Waals surface area contributed by atoms with Crippen molar-refractivity contribution in [2.24, 2.45) is 5.92 Å². The van der Waals surface area contributed by atoms with Crippen molar-refractivity contribution in [3.05, 3.63) is 53.6 Å². The van der Waals surface area contributed by atoms with Gasteiger partial charge >= 0.3 is 0 Å². The number of nitrogens with one attached hydrogen (secondary N) is 2. The van der Waals surface area contributed by atoms with Gasteiger partial charge in [-0.25, -0.2) is 0 Å². The van der Waals surface area contributed by atoms with Gasteiger partial charge in [0, 0.05) is 17.4 Å². The Morgan fingerprint density at radius 2 is 1.88 bits per heavy atom. The van der Waals surface area contributed by atoms with Crippen LogP contribution in [0.25, 0.3) is 0 Å². The Morgan fingerprint density at radius 1 is 1.12 bits per heavy atom. The predicted molar refractivity (Wildman–Crippen MR) is 104 cm³/mol. The molecule has 0 aliphatic carbocycles. The predicted octanol–water partition coefficient (Wildman–Crippen LogP) is 4.78. The van der Waals surface area contributed by atoms with Crippen LogP contribution in [0, 0.1) is 19.8 Å². The number of aryl methyl sites for hydroxylation is 1. The van der Waals surface area contributed by atoms with Gasteiger partial charge in [0.25, 0.3) is 0 Å². The van der Waals surface area contributed by atoms with Crippen molar-refractivity contribution in [2.45, 2.75) is 34.1 Å². The average molecular weight is 340 g/mol. The van der Waals surface area contributed by atoms with Crippen LogP contribution < -0.4 is 15.4 Å². The van der Waals surface area contributed by atoms with Crippen LogP contribution in [0.15, 0.2) is 42.5 Å². The zero-order valence-electron chi connectivity index (χ0n) is 15.6. The van der Waals surface area contributed by atoms with E-state index in [4.69, 9.17) is 4.74 Å². The molecule has 1 amide bonds. The highest BCUT2D eigenvalue weighted by molar-refractivity contribution is 5.94. The van der Waals surface area contributed by atoms with E-state index in [0.29, 0.717) is 12.5 Å². The number of rotatable bonds is 8. The lowest BCUT2D eigenvalue weighted by atomic mass is 10.1. The van der Waals surface area contributed by atoms with Gasteiger partial charge in [-0.3, -0.25) is 4.79 Å². The molecule has 0 bridgehead atoms. The average Bonchev–Trinajstić information content (AvgIpc) is 2.57. The summed E-state index contributed by atoms with van der Waals surface area (Å²) >= 11 is 0. The lowest BCUT2D eigenvalue weighted by Gasteiger charge is -2.12. The molecule has 2 aromatic rings. The van der Waals surface area contributed by atoms with E-state index >= 15 is 0 Å². The Hall–Kier alpha value is -2.49. The van der Waals surface area contributed by atoms with E-state index in [1.54, 1.807) is 0 Å². The summed E-state index contributed by atoms with van der Waals surface area (Å²) in [7, 11) is 0. The van der Waals surface area contributed by atoms with Crippen LogP contribution in [-0.4, -0.2) is 19.1 Å². The van der Waals surface area contributed by atoms with Crippen molar-refractivity contribution < 1.29 is 9.53 Å². The van der Waals surface area contributed by atoms with E-state index in [-0.39, 0.29) is 12.5 Å². The van der Waals surface area contributed by atoms with Crippen LogP contribution in [0.5, 0.6) is 5.75 Å². The molecule has 0 saturated carbocycles. The zero-order chi connectivity index (χ0) is 18.2. The Kier molecular flexibility index (Phi) is 6.87. The van der Waals surface area contributed by atoms with Gasteiger partial charge in [0.1, 0.15) is 5.75 Å². The molecule has 2 rings (SSSR count). The molecule has 0 saturated heterocycles. The van der Waals surface area contributed by atoms with Crippen molar-refractivity contribution in [3.63, 3.8) is 0 Å². The zero-order valence-corrected chi connectivity index (χ0v) is 15.6. The Bertz CT molecular complexity index is 711. The quantitative estimate of drug-likeness (QED) is 0.727. The highest BCUT2D eigenvalue weighted by Crippen LogP contribution is 2.19. The second-order valence-corrected chi connectivity index (χ2v) is 6.71. The van der Waals surface area contributed by atoms with Gasteiger partial charge < -0.3 is 15.4 Å². The first-order valence-electron chi connectivity index (χ1n) is 8.78. The minimum atomic E-state index is -0.0696. The summed E-state index contributed by atoms with van der Waals surface area (Å²) in [6, 6.07) is 13.6. The van der Waals surface area contributed by atoms with Gasteiger partial charge in [-0.1, -0.05) is 32.0 Å². The molecule has 0 aliphatic heterocycles. The number of benzene rings is 2. The monoisotopic (exact) mass is 340 g/mol. The summed E-state index contributed by atoms with van der Waals surface area (Å²) in [5, 5.41) is 6.10. The van der Waals surface area contributed by atoms with E-state index in [1.807, 2.05) is 56.3 Å². The van der Waals surface area contributed by atoms with Crippen molar-refractivity contribution in [1.82, 2.24) is 0 Å². The van der Waals surface area contributed by atoms with Gasteiger partial charge in [0.2, 0.25) is 5.91 Å². The van der Waals surface area contributed by atoms with Crippen LogP contribution in [0.2, 0.25) is 0 Å². The number of anilines is 2. The van der Waals surface area contributed by atoms with Gasteiger partial charge in [0.05, 0.1) is 13.2 Å². The topological polar surface area (TPSA) is 50.4 Å². The SMILES string of the molecule is Cc1cccc(NC(=O)CNc2cccc(OCCC(C)C)c2)c1C. The van der Waals surface area contributed by atoms with Crippen molar-refractivity contribution in [2.75, 3.05) is 23.8 Å². The van der Waals surface area contributed by atoms with E-state index in [9.17, 15) is 4.79 Å². The summed E-state index contributed by atoms with van der Waals surface area (Å²) in [4.78, 5) is 12.2. The largest absolute Gasteiger partial charge is 0.494 e. The third kappa shape index (κ3) is 6.14. The maximum absolute atomic E-state index is 12.2. The van der Waals surface area contributed by atoms with Crippen LogP contribution >= 0.6 is 0 Å². The first kappa shape index (κ1) is 18.8. The number of carbonyl (C=O) groups excluding carboxylic acids is 1. The molecule has 0 aromatic heterocycles. The molecule has 0 atom stereocenters. The van der Waals surface area contributed by atoms with Crippen LogP contribution in [0.3, 0.4) is 0 Å². The summed E-state index contributed by atoms with van der Waals surface area (Å²) in [6.45, 7) is 9.31. The summed E-state index contributed by atoms with van der Waals surface area (Å²) in [6.07, 6.45) is 1.02. The highest BCUT2D eigenvalue weighted by Gasteiger charge is 2.06. The normalized spacial score (nSPS) is 10.6. The third-order valence-electron chi connectivity index (χ3n) is 4.13. The standard InChI is InChI=1S/C21H28N2O2/c1-15(2)11-12-25-19-9-6-8-18(13-19)22-14-21(24)23-20-10-5-7-16(3)17(20)4/h5-10,13,15,22H,11-12,14H2,1-4H3,(H,23,24). The van der Waals surface area contributed by atoms with Crippen molar-refractivity contribution >= 4 is 17.3 Å². The molecule has 0 unspecified atom stereocenters. The van der Waals surface area contributed by atoms with Gasteiger partial charge in [-0.2, -0.15) is 0 Å². The number of hydrogen-bond acceptors (Lipinski definition) is 3. The molecule has 0 spiro atoms. The van der Waals surface area contributed by atoms with E-state index < -0.39 is 0 Å². The van der Waals surface area contributed by atoms with Crippen molar-refractivity contribution in [3.8, 4) is 5.75 Å². The molecule has 134 valence electrons. The molecule has 4 heteroatoms. The number of hydrogen-bond donors (Lipinski definition) is 2. The summed E-state index contributed by atoms with van der Waals surface area (Å²) in [5.41, 5.74) is 3.99. The maximum Gasteiger partial charge on any atom is 0.243 e. The fourth-order valence-electron chi connectivity index (χ4n) is 2.37.